The second-order valence-corrected chi connectivity index (χ2v) is 9.76. The third-order valence-corrected chi connectivity index (χ3v) is 7.03. The van der Waals surface area contributed by atoms with Gasteiger partial charge in [-0.25, -0.2) is 0 Å². The summed E-state index contributed by atoms with van der Waals surface area (Å²) in [6.07, 6.45) is 6.68. The summed E-state index contributed by atoms with van der Waals surface area (Å²) in [6.45, 7) is 6.59. The molecule has 2 unspecified atom stereocenters. The summed E-state index contributed by atoms with van der Waals surface area (Å²) in [6, 6.07) is 9.86. The molecule has 196 valence electrons. The fourth-order valence-electron chi connectivity index (χ4n) is 5.22. The van der Waals surface area contributed by atoms with E-state index in [-0.39, 0.29) is 30.0 Å². The summed E-state index contributed by atoms with van der Waals surface area (Å²) in [4.78, 5) is 23.0. The molecule has 0 saturated carbocycles. The van der Waals surface area contributed by atoms with Crippen LogP contribution in [0.3, 0.4) is 0 Å². The van der Waals surface area contributed by atoms with Crippen LogP contribution in [0.2, 0.25) is 0 Å². The van der Waals surface area contributed by atoms with Gasteiger partial charge >= 0.3 is 5.97 Å². The molecule has 0 saturated heterocycles. The molecule has 2 atom stereocenters. The van der Waals surface area contributed by atoms with Crippen molar-refractivity contribution >= 4 is 11.8 Å². The van der Waals surface area contributed by atoms with Gasteiger partial charge in [0.25, 0.3) is 0 Å². The van der Waals surface area contributed by atoms with E-state index in [9.17, 15) is 19.8 Å². The maximum atomic E-state index is 11.8. The average molecular weight is 497 g/mol. The van der Waals surface area contributed by atoms with E-state index in [0.717, 1.165) is 32.1 Å². The summed E-state index contributed by atoms with van der Waals surface area (Å²) >= 11 is 0. The highest BCUT2D eigenvalue weighted by atomic mass is 16.5. The van der Waals surface area contributed by atoms with Crippen LogP contribution < -0.4 is 4.74 Å². The van der Waals surface area contributed by atoms with Crippen LogP contribution in [0.1, 0.15) is 85.5 Å². The molecule has 2 N–H and O–H groups in total. The minimum Gasteiger partial charge on any atom is -0.507 e. The van der Waals surface area contributed by atoms with E-state index in [1.54, 1.807) is 12.1 Å². The van der Waals surface area contributed by atoms with Crippen molar-refractivity contribution < 1.29 is 29.3 Å². The van der Waals surface area contributed by atoms with Crippen LogP contribution in [-0.2, 0) is 35.2 Å². The predicted molar refractivity (Wildman–Crippen MR) is 140 cm³/mol. The minimum absolute atomic E-state index is 0.0109. The number of carboxylic acid groups (broad SMARTS) is 1. The molecule has 36 heavy (non-hydrogen) atoms. The van der Waals surface area contributed by atoms with Crippen molar-refractivity contribution in [3.05, 3.63) is 58.1 Å². The molecule has 0 aliphatic heterocycles. The maximum absolute atomic E-state index is 11.8. The Balaban J connectivity index is 1.61. The molecular formula is C30H40O6. The van der Waals surface area contributed by atoms with E-state index in [1.807, 2.05) is 6.92 Å². The third-order valence-electron chi connectivity index (χ3n) is 7.03. The Hall–Kier alpha value is -2.86. The number of phenols is 1. The van der Waals surface area contributed by atoms with Gasteiger partial charge in [-0.3, -0.25) is 9.59 Å². The molecular weight excluding hydrogens is 456 g/mol. The summed E-state index contributed by atoms with van der Waals surface area (Å²) < 4.78 is 12.3. The zero-order chi connectivity index (χ0) is 26.1. The van der Waals surface area contributed by atoms with Crippen LogP contribution in [0.5, 0.6) is 11.5 Å². The van der Waals surface area contributed by atoms with Gasteiger partial charge in [-0.05, 0) is 73.8 Å². The van der Waals surface area contributed by atoms with Crippen molar-refractivity contribution in [2.45, 2.75) is 84.7 Å². The van der Waals surface area contributed by atoms with Crippen LogP contribution in [0.25, 0.3) is 0 Å². The molecule has 1 aliphatic rings. The van der Waals surface area contributed by atoms with Gasteiger partial charge in [-0.2, -0.15) is 0 Å². The fourth-order valence-corrected chi connectivity index (χ4v) is 5.22. The van der Waals surface area contributed by atoms with Crippen molar-refractivity contribution in [3.8, 4) is 11.5 Å². The summed E-state index contributed by atoms with van der Waals surface area (Å²) in [5.74, 6) is -0.133. The largest absolute Gasteiger partial charge is 0.507 e. The zero-order valence-corrected chi connectivity index (χ0v) is 21.8. The topological polar surface area (TPSA) is 93.1 Å². The fraction of sp³-hybridized carbons (Fsp3) is 0.533. The summed E-state index contributed by atoms with van der Waals surface area (Å²) in [5.41, 5.74) is 5.08. The van der Waals surface area contributed by atoms with Gasteiger partial charge < -0.3 is 19.7 Å². The number of ketones is 1. The van der Waals surface area contributed by atoms with Crippen LogP contribution in [0.15, 0.2) is 30.3 Å². The molecule has 2 aromatic carbocycles. The molecule has 0 fully saturated rings. The normalized spacial score (nSPS) is 17.0. The number of phenolic OH excluding ortho intramolecular Hbond substituents is 1. The number of benzene rings is 2. The number of aryl methyl sites for hydroxylation is 1. The minimum atomic E-state index is -0.767. The van der Waals surface area contributed by atoms with Crippen molar-refractivity contribution in [2.75, 3.05) is 13.2 Å². The standard InChI is InChI=1S/C30H40O6/c1-4-8-21-10-6-11-22-19-28(23(18-26(21)22)12-15-29(32)33)36-17-7-16-35-27-14-13-24(20(3)31)30(34)25(27)9-5-2/h6,10-11,13-14,23,28,34H,4-5,7-9,12,15-19H2,1-3H3,(H,32,33). The number of rotatable bonds is 14. The van der Waals surface area contributed by atoms with Gasteiger partial charge in [0.1, 0.15) is 11.5 Å². The quantitative estimate of drug-likeness (QED) is 0.249. The molecule has 6 nitrogen and oxygen atoms in total. The number of ether oxygens (including phenoxy) is 2. The zero-order valence-electron chi connectivity index (χ0n) is 21.8. The van der Waals surface area contributed by atoms with E-state index in [1.165, 1.54) is 23.6 Å². The molecule has 0 aromatic heterocycles. The highest BCUT2D eigenvalue weighted by molar-refractivity contribution is 5.97. The van der Waals surface area contributed by atoms with Crippen LogP contribution in [0.4, 0.5) is 0 Å². The highest BCUT2D eigenvalue weighted by Crippen LogP contribution is 2.34. The number of carbonyl (C=O) groups is 2. The number of hydrogen-bond donors (Lipinski definition) is 2. The third kappa shape index (κ3) is 7.10. The Kier molecular flexibility index (Phi) is 10.4. The van der Waals surface area contributed by atoms with Gasteiger partial charge in [0, 0.05) is 18.4 Å². The monoisotopic (exact) mass is 496 g/mol. The van der Waals surface area contributed by atoms with Gasteiger partial charge in [-0.1, -0.05) is 44.9 Å². The predicted octanol–water partition coefficient (Wildman–Crippen LogP) is 5.93. The van der Waals surface area contributed by atoms with Gasteiger partial charge in [-0.15, -0.1) is 0 Å². The Morgan fingerprint density at radius 1 is 1.03 bits per heavy atom. The first-order chi connectivity index (χ1) is 17.3. The number of aliphatic carboxylic acids is 1. The van der Waals surface area contributed by atoms with Crippen LogP contribution in [-0.4, -0.2) is 41.3 Å². The number of Topliss-reactive ketones (excluding diaryl/α,β-unsaturated/α-hetero) is 1. The molecule has 1 aliphatic carbocycles. The lowest BCUT2D eigenvalue weighted by atomic mass is 9.77. The highest BCUT2D eigenvalue weighted by Gasteiger charge is 2.30. The smallest absolute Gasteiger partial charge is 0.303 e. The Bertz CT molecular complexity index is 1040. The first-order valence-electron chi connectivity index (χ1n) is 13.3. The van der Waals surface area contributed by atoms with E-state index in [0.29, 0.717) is 49.4 Å². The molecule has 0 heterocycles. The molecule has 0 bridgehead atoms. The Morgan fingerprint density at radius 2 is 1.81 bits per heavy atom. The van der Waals surface area contributed by atoms with Crippen molar-refractivity contribution in [3.63, 3.8) is 0 Å². The summed E-state index contributed by atoms with van der Waals surface area (Å²) in [5, 5.41) is 19.8. The lowest BCUT2D eigenvalue weighted by Gasteiger charge is -2.34. The number of aromatic hydroxyl groups is 1. The first kappa shape index (κ1) is 27.7. The van der Waals surface area contributed by atoms with Crippen molar-refractivity contribution in [1.82, 2.24) is 0 Å². The van der Waals surface area contributed by atoms with Gasteiger partial charge in [0.2, 0.25) is 0 Å². The second kappa shape index (κ2) is 13.4. The van der Waals surface area contributed by atoms with E-state index >= 15 is 0 Å². The second-order valence-electron chi connectivity index (χ2n) is 9.76. The molecule has 0 radical (unpaired) electrons. The van der Waals surface area contributed by atoms with Crippen molar-refractivity contribution in [2.24, 2.45) is 5.92 Å². The number of fused-ring (bicyclic) bond motifs is 1. The van der Waals surface area contributed by atoms with Crippen molar-refractivity contribution in [1.29, 1.82) is 0 Å². The SMILES string of the molecule is CCCc1cccc2c1CC(CCC(=O)O)C(OCCCOc1ccc(C(C)=O)c(O)c1CCC)C2. The molecule has 0 amide bonds. The van der Waals surface area contributed by atoms with E-state index in [4.69, 9.17) is 9.47 Å². The number of carbonyl (C=O) groups excluding carboxylic acids is 1. The maximum Gasteiger partial charge on any atom is 0.303 e. The average Bonchev–Trinajstić information content (AvgIpc) is 2.84. The lowest BCUT2D eigenvalue weighted by Crippen LogP contribution is -2.34. The van der Waals surface area contributed by atoms with E-state index in [2.05, 4.69) is 25.1 Å². The lowest BCUT2D eigenvalue weighted by molar-refractivity contribution is -0.137. The Labute approximate surface area is 214 Å². The van der Waals surface area contributed by atoms with Crippen LogP contribution in [0, 0.1) is 5.92 Å². The molecule has 0 spiro atoms. The molecule has 3 rings (SSSR count). The first-order valence-corrected chi connectivity index (χ1v) is 13.3. The number of hydrogen-bond acceptors (Lipinski definition) is 5. The van der Waals surface area contributed by atoms with E-state index < -0.39 is 5.97 Å². The Morgan fingerprint density at radius 3 is 2.50 bits per heavy atom. The van der Waals surface area contributed by atoms with Gasteiger partial charge in [0.05, 0.1) is 24.9 Å². The summed E-state index contributed by atoms with van der Waals surface area (Å²) in [7, 11) is 0. The van der Waals surface area contributed by atoms with Gasteiger partial charge in [0.15, 0.2) is 5.78 Å². The molecule has 6 heteroatoms. The van der Waals surface area contributed by atoms with Crippen LogP contribution >= 0.6 is 0 Å². The molecule has 2 aromatic rings. The number of carboxylic acids is 1.